The van der Waals surface area contributed by atoms with Crippen molar-refractivity contribution in [1.82, 2.24) is 9.62 Å². The Hall–Kier alpha value is -1.64. The number of carbonyl (C=O) groups excluding carboxylic acids is 2. The number of methoxy groups -OCH3 is 1. The highest BCUT2D eigenvalue weighted by atomic mass is 35.5. The maximum absolute atomic E-state index is 13.0. The zero-order chi connectivity index (χ0) is 21.2. The van der Waals surface area contributed by atoms with Gasteiger partial charge in [0.2, 0.25) is 10.0 Å². The lowest BCUT2D eigenvalue weighted by Gasteiger charge is -2.40. The van der Waals surface area contributed by atoms with E-state index in [0.29, 0.717) is 25.9 Å². The smallest absolute Gasteiger partial charge is 0.311 e. The number of benzene rings is 1. The van der Waals surface area contributed by atoms with E-state index in [0.717, 1.165) is 25.7 Å². The van der Waals surface area contributed by atoms with Crippen molar-refractivity contribution in [1.29, 1.82) is 0 Å². The van der Waals surface area contributed by atoms with Gasteiger partial charge in [-0.15, -0.1) is 0 Å². The van der Waals surface area contributed by atoms with Crippen molar-refractivity contribution in [3.63, 3.8) is 0 Å². The van der Waals surface area contributed by atoms with E-state index in [1.54, 1.807) is 0 Å². The Morgan fingerprint density at radius 1 is 1.21 bits per heavy atom. The van der Waals surface area contributed by atoms with Crippen LogP contribution in [0.25, 0.3) is 0 Å². The van der Waals surface area contributed by atoms with Crippen molar-refractivity contribution in [2.75, 3.05) is 20.2 Å². The molecule has 29 heavy (non-hydrogen) atoms. The van der Waals surface area contributed by atoms with E-state index in [1.165, 1.54) is 29.6 Å². The van der Waals surface area contributed by atoms with Gasteiger partial charge in [0.1, 0.15) is 0 Å². The molecule has 3 rings (SSSR count). The quantitative estimate of drug-likeness (QED) is 0.707. The minimum atomic E-state index is -3.67. The maximum atomic E-state index is 13.0. The summed E-state index contributed by atoms with van der Waals surface area (Å²) in [6.45, 7) is 2.78. The van der Waals surface area contributed by atoms with Crippen molar-refractivity contribution in [2.24, 2.45) is 5.92 Å². The lowest BCUT2D eigenvalue weighted by Crippen LogP contribution is -2.55. The highest BCUT2D eigenvalue weighted by Gasteiger charge is 2.43. The number of nitrogens with one attached hydrogen (secondary N) is 1. The average Bonchev–Trinajstić information content (AvgIpc) is 3.23. The SMILES string of the molecule is COC(=O)[C@@H]1CCCC[C@]1(C)NC(=O)c1cc(S(=O)(=O)N2CCCC2)ccc1Cl. The average molecular weight is 443 g/mol. The minimum absolute atomic E-state index is 0.0484. The van der Waals surface area contributed by atoms with Gasteiger partial charge in [-0.3, -0.25) is 9.59 Å². The Bertz CT molecular complexity index is 898. The number of carbonyl (C=O) groups is 2. The van der Waals surface area contributed by atoms with Gasteiger partial charge in [-0.2, -0.15) is 4.31 Å². The Balaban J connectivity index is 1.88. The normalized spacial score (nSPS) is 25.6. The molecule has 1 aliphatic heterocycles. The molecule has 1 heterocycles. The number of rotatable bonds is 5. The number of hydrogen-bond acceptors (Lipinski definition) is 5. The topological polar surface area (TPSA) is 92.8 Å². The zero-order valence-corrected chi connectivity index (χ0v) is 18.3. The summed E-state index contributed by atoms with van der Waals surface area (Å²) in [5.74, 6) is -1.31. The Kier molecular flexibility index (Phi) is 6.55. The zero-order valence-electron chi connectivity index (χ0n) is 16.7. The van der Waals surface area contributed by atoms with E-state index >= 15 is 0 Å². The number of esters is 1. The first-order valence-corrected chi connectivity index (χ1v) is 11.7. The summed E-state index contributed by atoms with van der Waals surface area (Å²) in [6, 6.07) is 4.18. The highest BCUT2D eigenvalue weighted by molar-refractivity contribution is 7.89. The van der Waals surface area contributed by atoms with Gasteiger partial charge in [-0.05, 0) is 50.8 Å². The van der Waals surface area contributed by atoms with Gasteiger partial charge in [-0.25, -0.2) is 8.42 Å². The molecule has 2 aliphatic rings. The van der Waals surface area contributed by atoms with E-state index in [4.69, 9.17) is 16.3 Å². The third kappa shape index (κ3) is 4.44. The Morgan fingerprint density at radius 2 is 1.90 bits per heavy atom. The lowest BCUT2D eigenvalue weighted by molar-refractivity contribution is -0.149. The van der Waals surface area contributed by atoms with Crippen molar-refractivity contribution in [3.8, 4) is 0 Å². The molecule has 2 fully saturated rings. The molecule has 1 aliphatic carbocycles. The van der Waals surface area contributed by atoms with Gasteiger partial charge < -0.3 is 10.1 Å². The molecule has 2 atom stereocenters. The number of amides is 1. The van der Waals surface area contributed by atoms with E-state index in [9.17, 15) is 18.0 Å². The van der Waals surface area contributed by atoms with Crippen LogP contribution in [0.1, 0.15) is 55.8 Å². The molecule has 9 heteroatoms. The molecule has 160 valence electrons. The summed E-state index contributed by atoms with van der Waals surface area (Å²) in [7, 11) is -2.33. The maximum Gasteiger partial charge on any atom is 0.311 e. The van der Waals surface area contributed by atoms with Gasteiger partial charge in [0.05, 0.1) is 34.0 Å². The summed E-state index contributed by atoms with van der Waals surface area (Å²) in [4.78, 5) is 25.3. The van der Waals surface area contributed by atoms with Gasteiger partial charge in [-0.1, -0.05) is 24.4 Å². The first-order chi connectivity index (χ1) is 13.7. The highest BCUT2D eigenvalue weighted by Crippen LogP contribution is 2.35. The molecule has 1 saturated carbocycles. The van der Waals surface area contributed by atoms with Crippen LogP contribution in [0.2, 0.25) is 5.02 Å². The Labute approximate surface area is 176 Å². The fraction of sp³-hybridized carbons (Fsp3) is 0.600. The molecule has 1 amide bonds. The number of hydrogen-bond donors (Lipinski definition) is 1. The van der Waals surface area contributed by atoms with Crippen LogP contribution in [0.5, 0.6) is 0 Å². The van der Waals surface area contributed by atoms with Crippen LogP contribution < -0.4 is 5.32 Å². The molecule has 1 saturated heterocycles. The molecule has 0 spiro atoms. The molecular weight excluding hydrogens is 416 g/mol. The predicted octanol–water partition coefficient (Wildman–Crippen LogP) is 2.98. The van der Waals surface area contributed by atoms with E-state index in [-0.39, 0.29) is 21.5 Å². The first-order valence-electron chi connectivity index (χ1n) is 9.89. The van der Waals surface area contributed by atoms with Crippen LogP contribution >= 0.6 is 11.6 Å². The van der Waals surface area contributed by atoms with Crippen LogP contribution in [0.3, 0.4) is 0 Å². The molecule has 0 bridgehead atoms. The number of nitrogens with zero attached hydrogens (tertiary/aromatic N) is 1. The van der Waals surface area contributed by atoms with Gasteiger partial charge in [0, 0.05) is 13.1 Å². The van der Waals surface area contributed by atoms with Crippen molar-refractivity contribution >= 4 is 33.5 Å². The first kappa shape index (κ1) is 22.1. The van der Waals surface area contributed by atoms with Crippen LogP contribution in [0.15, 0.2) is 23.1 Å². The summed E-state index contributed by atoms with van der Waals surface area (Å²) >= 11 is 6.23. The van der Waals surface area contributed by atoms with Crippen LogP contribution in [0.4, 0.5) is 0 Å². The van der Waals surface area contributed by atoms with Crippen molar-refractivity contribution in [2.45, 2.75) is 55.9 Å². The van der Waals surface area contributed by atoms with Crippen LogP contribution in [0, 0.1) is 5.92 Å². The van der Waals surface area contributed by atoms with Gasteiger partial charge in [0.25, 0.3) is 5.91 Å². The lowest BCUT2D eigenvalue weighted by atomic mass is 9.73. The van der Waals surface area contributed by atoms with Crippen LogP contribution in [-0.2, 0) is 19.6 Å². The van der Waals surface area contributed by atoms with Gasteiger partial charge in [0.15, 0.2) is 0 Å². The summed E-state index contributed by atoms with van der Waals surface area (Å²) < 4.78 is 32.0. The summed E-state index contributed by atoms with van der Waals surface area (Å²) in [6.07, 6.45) is 4.67. The molecule has 7 nitrogen and oxygen atoms in total. The number of sulfonamides is 1. The largest absolute Gasteiger partial charge is 0.469 e. The van der Waals surface area contributed by atoms with E-state index < -0.39 is 27.4 Å². The fourth-order valence-electron chi connectivity index (χ4n) is 4.25. The molecule has 0 aromatic heterocycles. The van der Waals surface area contributed by atoms with Crippen LogP contribution in [-0.4, -0.2) is 50.3 Å². The van der Waals surface area contributed by atoms with E-state index in [2.05, 4.69) is 5.32 Å². The third-order valence-electron chi connectivity index (χ3n) is 5.98. The molecule has 1 N–H and O–H groups in total. The summed E-state index contributed by atoms with van der Waals surface area (Å²) in [5.41, 5.74) is -0.697. The predicted molar refractivity (Wildman–Crippen MR) is 109 cm³/mol. The van der Waals surface area contributed by atoms with Gasteiger partial charge >= 0.3 is 5.97 Å². The molecule has 0 unspecified atom stereocenters. The third-order valence-corrected chi connectivity index (χ3v) is 8.20. The Morgan fingerprint density at radius 3 is 2.55 bits per heavy atom. The molecular formula is C20H27ClN2O5S. The fourth-order valence-corrected chi connectivity index (χ4v) is 5.99. The second kappa shape index (κ2) is 8.62. The second-order valence-corrected chi connectivity index (χ2v) is 10.3. The monoisotopic (exact) mass is 442 g/mol. The number of ether oxygens (including phenoxy) is 1. The summed E-state index contributed by atoms with van der Waals surface area (Å²) in [5, 5.41) is 3.10. The van der Waals surface area contributed by atoms with E-state index in [1.807, 2.05) is 6.92 Å². The number of halogens is 1. The molecule has 0 radical (unpaired) electrons. The minimum Gasteiger partial charge on any atom is -0.469 e. The van der Waals surface area contributed by atoms with Crippen molar-refractivity contribution < 1.29 is 22.7 Å². The van der Waals surface area contributed by atoms with Crippen molar-refractivity contribution in [3.05, 3.63) is 28.8 Å². The standard InChI is InChI=1S/C20H27ClN2O5S/c1-20(10-4-3-7-16(20)19(25)28-2)22-18(24)15-13-14(8-9-17(15)21)29(26,27)23-11-5-6-12-23/h8-9,13,16H,3-7,10-12H2,1-2H3,(H,22,24)/t16-,20-/m0/s1. The molecule has 1 aromatic rings. The molecule has 1 aromatic carbocycles. The second-order valence-electron chi connectivity index (χ2n) is 7.95.